The lowest BCUT2D eigenvalue weighted by atomic mass is 9.46. The highest BCUT2D eigenvalue weighted by atomic mass is 16.7. The number of ether oxygens (including phenoxy) is 3. The van der Waals surface area contributed by atoms with Crippen LogP contribution in [-0.4, -0.2) is 45.9 Å². The van der Waals surface area contributed by atoms with Crippen LogP contribution in [0.1, 0.15) is 65.5 Å². The third-order valence-electron chi connectivity index (χ3n) is 9.27. The fraction of sp³-hybridized carbons (Fsp3) is 0.643. The van der Waals surface area contributed by atoms with E-state index in [9.17, 15) is 15.0 Å². The number of pyridine rings is 1. The summed E-state index contributed by atoms with van der Waals surface area (Å²) in [6.07, 6.45) is 3.26. The van der Waals surface area contributed by atoms with Gasteiger partial charge in [0.15, 0.2) is 5.79 Å². The molecule has 8 nitrogen and oxygen atoms in total. The Bertz CT molecular complexity index is 1180. The molecule has 2 aliphatic carbocycles. The molecule has 5 unspecified atom stereocenters. The molecule has 2 N–H and O–H groups in total. The maximum Gasteiger partial charge on any atom is 0.345 e. The van der Waals surface area contributed by atoms with Crippen molar-refractivity contribution >= 4 is 0 Å². The van der Waals surface area contributed by atoms with E-state index in [0.717, 1.165) is 12.8 Å². The van der Waals surface area contributed by atoms with Crippen LogP contribution in [0.15, 0.2) is 39.8 Å². The first-order valence-electron chi connectivity index (χ1n) is 12.8. The minimum Gasteiger partial charge on any atom is -0.484 e. The minimum absolute atomic E-state index is 0.0457. The fourth-order valence-electron chi connectivity index (χ4n) is 7.24. The summed E-state index contributed by atoms with van der Waals surface area (Å²) < 4.78 is 23.9. The maximum atomic E-state index is 13.2. The Morgan fingerprint density at radius 2 is 2.00 bits per heavy atom. The summed E-state index contributed by atoms with van der Waals surface area (Å²) >= 11 is 0. The van der Waals surface area contributed by atoms with Gasteiger partial charge in [0, 0.05) is 37.1 Å². The van der Waals surface area contributed by atoms with Crippen LogP contribution in [0, 0.1) is 23.2 Å². The van der Waals surface area contributed by atoms with Crippen LogP contribution in [0.2, 0.25) is 0 Å². The molecule has 3 aliphatic rings. The number of aliphatic hydroxyl groups is 2. The van der Waals surface area contributed by atoms with Gasteiger partial charge in [-0.2, -0.15) is 0 Å². The number of methoxy groups -OCH3 is 1. The summed E-state index contributed by atoms with van der Waals surface area (Å²) in [6.45, 7) is 9.95. The van der Waals surface area contributed by atoms with E-state index in [0.29, 0.717) is 17.7 Å². The molecule has 2 saturated carbocycles. The molecule has 0 aromatic carbocycles. The summed E-state index contributed by atoms with van der Waals surface area (Å²) in [5.74, 6) is -0.496. The van der Waals surface area contributed by atoms with Crippen molar-refractivity contribution in [2.45, 2.75) is 83.6 Å². The van der Waals surface area contributed by atoms with E-state index in [1.807, 2.05) is 20.8 Å². The Kier molecular flexibility index (Phi) is 6.10. The van der Waals surface area contributed by atoms with Crippen LogP contribution < -0.4 is 10.4 Å². The van der Waals surface area contributed by atoms with Crippen LogP contribution in [0.4, 0.5) is 0 Å². The molecule has 3 heterocycles. The van der Waals surface area contributed by atoms with E-state index in [-0.39, 0.29) is 29.3 Å². The average Bonchev–Trinajstić information content (AvgIpc) is 2.83. The van der Waals surface area contributed by atoms with Gasteiger partial charge < -0.3 is 28.8 Å². The minimum atomic E-state index is -1.14. The molecule has 0 amide bonds. The number of hydrogen-bond acceptors (Lipinski definition) is 8. The van der Waals surface area contributed by atoms with E-state index >= 15 is 0 Å². The van der Waals surface area contributed by atoms with Crippen molar-refractivity contribution in [1.82, 2.24) is 4.98 Å². The molecule has 5 rings (SSSR count). The zero-order valence-electron chi connectivity index (χ0n) is 21.9. The number of fused-ring (bicyclic) bond motifs is 4. The van der Waals surface area contributed by atoms with Gasteiger partial charge >= 0.3 is 5.63 Å². The first kappa shape index (κ1) is 25.4. The number of nitrogens with zero attached hydrogens (tertiary/aromatic N) is 1. The van der Waals surface area contributed by atoms with Crippen molar-refractivity contribution < 1.29 is 28.8 Å². The predicted octanol–water partition coefficient (Wildman–Crippen LogP) is 4.09. The number of aliphatic hydroxyl groups excluding tert-OH is 2. The highest BCUT2D eigenvalue weighted by Gasteiger charge is 2.66. The lowest BCUT2D eigenvalue weighted by molar-refractivity contribution is -0.277. The lowest BCUT2D eigenvalue weighted by Gasteiger charge is -2.64. The number of hydrogen-bond donors (Lipinski definition) is 2. The van der Waals surface area contributed by atoms with E-state index in [1.165, 1.54) is 0 Å². The molecule has 196 valence electrons. The van der Waals surface area contributed by atoms with E-state index in [4.69, 9.17) is 18.6 Å². The average molecular weight is 500 g/mol. The second-order valence-corrected chi connectivity index (χ2v) is 11.6. The molecular weight excluding hydrogens is 462 g/mol. The topological polar surface area (TPSA) is 111 Å². The van der Waals surface area contributed by atoms with Crippen molar-refractivity contribution in [2.24, 2.45) is 23.2 Å². The number of rotatable bonds is 4. The van der Waals surface area contributed by atoms with Crippen LogP contribution in [0.5, 0.6) is 5.75 Å². The summed E-state index contributed by atoms with van der Waals surface area (Å²) in [5.41, 5.74) is -1.35. The summed E-state index contributed by atoms with van der Waals surface area (Å²) in [7, 11) is 1.63. The molecular formula is C28H37NO7. The van der Waals surface area contributed by atoms with Gasteiger partial charge in [-0.05, 0) is 69.4 Å². The molecule has 1 aliphatic heterocycles. The molecule has 2 aromatic rings. The van der Waals surface area contributed by atoms with Gasteiger partial charge in [0.1, 0.15) is 22.7 Å². The largest absolute Gasteiger partial charge is 0.484 e. The Morgan fingerprint density at radius 1 is 1.25 bits per heavy atom. The smallest absolute Gasteiger partial charge is 0.345 e. The van der Waals surface area contributed by atoms with Crippen LogP contribution in [0.25, 0.3) is 11.3 Å². The van der Waals surface area contributed by atoms with Gasteiger partial charge in [-0.3, -0.25) is 4.98 Å². The summed E-state index contributed by atoms with van der Waals surface area (Å²) in [4.78, 5) is 17.3. The van der Waals surface area contributed by atoms with Crippen molar-refractivity contribution in [1.29, 1.82) is 0 Å². The van der Waals surface area contributed by atoms with Crippen LogP contribution >= 0.6 is 0 Å². The Labute approximate surface area is 211 Å². The van der Waals surface area contributed by atoms with E-state index in [1.54, 1.807) is 37.7 Å². The van der Waals surface area contributed by atoms with Gasteiger partial charge in [0.05, 0.1) is 18.3 Å². The monoisotopic (exact) mass is 499 g/mol. The second-order valence-electron chi connectivity index (χ2n) is 11.6. The fourth-order valence-corrected chi connectivity index (χ4v) is 7.24. The highest BCUT2D eigenvalue weighted by Crippen LogP contribution is 2.64. The molecule has 0 spiro atoms. The van der Waals surface area contributed by atoms with Gasteiger partial charge in [-0.1, -0.05) is 13.8 Å². The van der Waals surface area contributed by atoms with Gasteiger partial charge in [-0.15, -0.1) is 0 Å². The van der Waals surface area contributed by atoms with Gasteiger partial charge in [0.25, 0.3) is 0 Å². The quantitative estimate of drug-likeness (QED) is 0.605. The first-order valence-corrected chi connectivity index (χ1v) is 12.8. The highest BCUT2D eigenvalue weighted by molar-refractivity contribution is 5.59. The van der Waals surface area contributed by atoms with Gasteiger partial charge in [-0.25, -0.2) is 4.79 Å². The first-order chi connectivity index (χ1) is 16.9. The number of aromatic nitrogens is 1. The third kappa shape index (κ3) is 3.81. The lowest BCUT2D eigenvalue weighted by Crippen LogP contribution is -2.68. The zero-order valence-corrected chi connectivity index (χ0v) is 21.9. The van der Waals surface area contributed by atoms with Gasteiger partial charge in [0.2, 0.25) is 0 Å². The zero-order chi connectivity index (χ0) is 26.0. The molecule has 8 atom stereocenters. The molecule has 0 radical (unpaired) electrons. The molecule has 8 heteroatoms. The van der Waals surface area contributed by atoms with Crippen molar-refractivity contribution in [3.05, 3.63) is 46.6 Å². The Morgan fingerprint density at radius 3 is 2.67 bits per heavy atom. The molecule has 0 bridgehead atoms. The normalized spacial score (nSPS) is 37.9. The SMILES string of the molecule is COC(C)(C)O[C@H]1CC[C@@]2(C)C(C[C@H](O)C3(C)Oc4cc(-c5cccnc5)oc(=O)c4C(O)C32)C1C. The molecule has 36 heavy (non-hydrogen) atoms. The summed E-state index contributed by atoms with van der Waals surface area (Å²) in [5, 5.41) is 23.2. The van der Waals surface area contributed by atoms with Crippen LogP contribution in [0.3, 0.4) is 0 Å². The van der Waals surface area contributed by atoms with Crippen molar-refractivity contribution in [2.75, 3.05) is 7.11 Å². The molecule has 0 saturated heterocycles. The van der Waals surface area contributed by atoms with Crippen LogP contribution in [-0.2, 0) is 9.47 Å². The molecule has 2 aromatic heterocycles. The van der Waals surface area contributed by atoms with Crippen molar-refractivity contribution in [3.8, 4) is 17.1 Å². The maximum absolute atomic E-state index is 13.2. The Hall–Kier alpha value is -2.26. The van der Waals surface area contributed by atoms with E-state index in [2.05, 4.69) is 18.8 Å². The van der Waals surface area contributed by atoms with E-state index < -0.39 is 40.6 Å². The Balaban J connectivity index is 1.54. The molecule has 2 fully saturated rings. The third-order valence-corrected chi connectivity index (χ3v) is 9.27. The standard InChI is InChI=1S/C28H37NO7/c1-15-17-12-21(30)28(5)24(27(17,4)10-9-18(15)35-26(2,3)33-6)23(31)22-20(36-28)13-19(34-25(22)32)16-8-7-11-29-14-16/h7-8,11,13-15,17-18,21,23-24,30-31H,9-10,12H2,1-6H3/t15?,17?,18-,21-,23?,24?,27-,28?/m0/s1. The van der Waals surface area contributed by atoms with Crippen molar-refractivity contribution in [3.63, 3.8) is 0 Å². The predicted molar refractivity (Wildman–Crippen MR) is 132 cm³/mol. The second kappa shape index (κ2) is 8.65. The summed E-state index contributed by atoms with van der Waals surface area (Å²) in [6, 6.07) is 5.16.